The molecule has 4 nitrogen and oxygen atoms in total. The Kier molecular flexibility index (Phi) is 6.48. The van der Waals surface area contributed by atoms with E-state index in [4.69, 9.17) is 0 Å². The SMILES string of the molecule is CNCCc1ccc(S(=O)(=O)NCCC(C)C)cc1. The van der Waals surface area contributed by atoms with Gasteiger partial charge in [-0.15, -0.1) is 0 Å². The summed E-state index contributed by atoms with van der Waals surface area (Å²) in [6.07, 6.45) is 1.75. The second-order valence-electron chi connectivity index (χ2n) is 5.08. The molecule has 19 heavy (non-hydrogen) atoms. The summed E-state index contributed by atoms with van der Waals surface area (Å²) in [6, 6.07) is 7.08. The van der Waals surface area contributed by atoms with E-state index in [1.165, 1.54) is 0 Å². The van der Waals surface area contributed by atoms with Gasteiger partial charge in [0, 0.05) is 6.54 Å². The highest BCUT2D eigenvalue weighted by Gasteiger charge is 2.13. The fraction of sp³-hybridized carbons (Fsp3) is 0.571. The molecule has 1 aromatic rings. The summed E-state index contributed by atoms with van der Waals surface area (Å²) >= 11 is 0. The number of sulfonamides is 1. The normalized spacial score (nSPS) is 12.0. The van der Waals surface area contributed by atoms with Gasteiger partial charge in [0.25, 0.3) is 0 Å². The van der Waals surface area contributed by atoms with Gasteiger partial charge in [0.05, 0.1) is 4.90 Å². The van der Waals surface area contributed by atoms with E-state index in [0.717, 1.165) is 24.9 Å². The summed E-state index contributed by atoms with van der Waals surface area (Å²) in [4.78, 5) is 0.337. The molecule has 2 N–H and O–H groups in total. The highest BCUT2D eigenvalue weighted by Crippen LogP contribution is 2.11. The van der Waals surface area contributed by atoms with Gasteiger partial charge in [0.2, 0.25) is 10.0 Å². The van der Waals surface area contributed by atoms with Crippen molar-refractivity contribution in [3.8, 4) is 0 Å². The minimum Gasteiger partial charge on any atom is -0.319 e. The molecule has 1 rings (SSSR count). The van der Waals surface area contributed by atoms with Gasteiger partial charge >= 0.3 is 0 Å². The van der Waals surface area contributed by atoms with Crippen LogP contribution in [0.5, 0.6) is 0 Å². The predicted octanol–water partition coefficient (Wildman–Crippen LogP) is 1.77. The van der Waals surface area contributed by atoms with Gasteiger partial charge < -0.3 is 5.32 Å². The second-order valence-corrected chi connectivity index (χ2v) is 6.84. The van der Waals surface area contributed by atoms with E-state index in [1.54, 1.807) is 12.1 Å². The summed E-state index contributed by atoms with van der Waals surface area (Å²) in [5.41, 5.74) is 1.13. The molecule has 0 radical (unpaired) electrons. The summed E-state index contributed by atoms with van der Waals surface area (Å²) < 4.78 is 26.7. The van der Waals surface area contributed by atoms with Crippen molar-refractivity contribution in [1.82, 2.24) is 10.0 Å². The topological polar surface area (TPSA) is 58.2 Å². The van der Waals surface area contributed by atoms with Crippen molar-refractivity contribution >= 4 is 10.0 Å². The molecule has 5 heteroatoms. The Morgan fingerprint density at radius 1 is 1.11 bits per heavy atom. The van der Waals surface area contributed by atoms with Crippen molar-refractivity contribution in [2.24, 2.45) is 5.92 Å². The van der Waals surface area contributed by atoms with E-state index in [2.05, 4.69) is 23.9 Å². The maximum absolute atomic E-state index is 12.0. The maximum atomic E-state index is 12.0. The van der Waals surface area contributed by atoms with Crippen LogP contribution < -0.4 is 10.0 Å². The molecule has 108 valence electrons. The van der Waals surface area contributed by atoms with Crippen LogP contribution in [0.4, 0.5) is 0 Å². The fourth-order valence-electron chi connectivity index (χ4n) is 1.67. The quantitative estimate of drug-likeness (QED) is 0.765. The van der Waals surface area contributed by atoms with Crippen molar-refractivity contribution in [3.05, 3.63) is 29.8 Å². The first kappa shape index (κ1) is 16.1. The minimum atomic E-state index is -3.36. The Hall–Kier alpha value is -0.910. The van der Waals surface area contributed by atoms with Crippen LogP contribution in [0.15, 0.2) is 29.2 Å². The van der Waals surface area contributed by atoms with Crippen LogP contribution in [0.25, 0.3) is 0 Å². The molecule has 0 aromatic heterocycles. The first-order valence-electron chi connectivity index (χ1n) is 6.69. The van der Waals surface area contributed by atoms with Gasteiger partial charge in [0.15, 0.2) is 0 Å². The third kappa shape index (κ3) is 5.72. The Balaban J connectivity index is 2.63. The van der Waals surface area contributed by atoms with Gasteiger partial charge in [-0.1, -0.05) is 26.0 Å². The van der Waals surface area contributed by atoms with E-state index in [9.17, 15) is 8.42 Å². The molecule has 1 aromatic carbocycles. The zero-order valence-corrected chi connectivity index (χ0v) is 12.8. The van der Waals surface area contributed by atoms with Crippen molar-refractivity contribution in [1.29, 1.82) is 0 Å². The minimum absolute atomic E-state index is 0.337. The van der Waals surface area contributed by atoms with Gasteiger partial charge in [-0.2, -0.15) is 0 Å². The summed E-state index contributed by atoms with van der Waals surface area (Å²) in [7, 11) is -1.46. The molecule has 0 unspecified atom stereocenters. The highest BCUT2D eigenvalue weighted by molar-refractivity contribution is 7.89. The smallest absolute Gasteiger partial charge is 0.240 e. The molecule has 0 saturated heterocycles. The van der Waals surface area contributed by atoms with E-state index in [1.807, 2.05) is 19.2 Å². The van der Waals surface area contributed by atoms with Crippen LogP contribution in [-0.2, 0) is 16.4 Å². The Labute approximate surface area is 116 Å². The van der Waals surface area contributed by atoms with Gasteiger partial charge in [0.1, 0.15) is 0 Å². The number of benzene rings is 1. The first-order chi connectivity index (χ1) is 8.95. The monoisotopic (exact) mass is 284 g/mol. The van der Waals surface area contributed by atoms with Gasteiger partial charge in [-0.05, 0) is 50.0 Å². The standard InChI is InChI=1S/C14H24N2O2S/c1-12(2)8-11-16-19(17,18)14-6-4-13(5-7-14)9-10-15-3/h4-7,12,15-16H,8-11H2,1-3H3. The second kappa shape index (κ2) is 7.62. The predicted molar refractivity (Wildman–Crippen MR) is 78.7 cm³/mol. The highest BCUT2D eigenvalue weighted by atomic mass is 32.2. The largest absolute Gasteiger partial charge is 0.319 e. The zero-order valence-electron chi connectivity index (χ0n) is 11.9. The Morgan fingerprint density at radius 2 is 1.74 bits per heavy atom. The molecule has 0 amide bonds. The third-order valence-corrected chi connectivity index (χ3v) is 4.39. The van der Waals surface area contributed by atoms with Crippen LogP contribution in [0.2, 0.25) is 0 Å². The van der Waals surface area contributed by atoms with E-state index >= 15 is 0 Å². The molecule has 0 atom stereocenters. The lowest BCUT2D eigenvalue weighted by Crippen LogP contribution is -2.25. The molecule has 0 aliphatic rings. The number of hydrogen-bond acceptors (Lipinski definition) is 3. The third-order valence-electron chi connectivity index (χ3n) is 2.91. The van der Waals surface area contributed by atoms with E-state index < -0.39 is 10.0 Å². The molecule has 0 aliphatic carbocycles. The van der Waals surface area contributed by atoms with Crippen molar-refractivity contribution < 1.29 is 8.42 Å². The molecular weight excluding hydrogens is 260 g/mol. The van der Waals surface area contributed by atoms with Crippen LogP contribution in [0.1, 0.15) is 25.8 Å². The summed E-state index contributed by atoms with van der Waals surface area (Å²) in [6.45, 7) is 5.52. The van der Waals surface area contributed by atoms with Gasteiger partial charge in [-0.25, -0.2) is 13.1 Å². The van der Waals surface area contributed by atoms with Crippen LogP contribution in [-0.4, -0.2) is 28.6 Å². The van der Waals surface area contributed by atoms with E-state index in [-0.39, 0.29) is 0 Å². The molecule has 0 aliphatic heterocycles. The lowest BCUT2D eigenvalue weighted by molar-refractivity contribution is 0.551. The van der Waals surface area contributed by atoms with Gasteiger partial charge in [-0.3, -0.25) is 0 Å². The zero-order chi connectivity index (χ0) is 14.3. The number of likely N-dealkylation sites (N-methyl/N-ethyl adjacent to an activating group) is 1. The number of hydrogen-bond donors (Lipinski definition) is 2. The van der Waals surface area contributed by atoms with Crippen LogP contribution in [0.3, 0.4) is 0 Å². The molecule has 0 fully saturated rings. The van der Waals surface area contributed by atoms with E-state index in [0.29, 0.717) is 17.4 Å². The molecule has 0 spiro atoms. The van der Waals surface area contributed by atoms with Crippen LogP contribution >= 0.6 is 0 Å². The lowest BCUT2D eigenvalue weighted by atomic mass is 10.1. The number of nitrogens with one attached hydrogen (secondary N) is 2. The molecule has 0 bridgehead atoms. The fourth-order valence-corrected chi connectivity index (χ4v) is 2.72. The molecule has 0 saturated carbocycles. The van der Waals surface area contributed by atoms with Crippen molar-refractivity contribution in [2.45, 2.75) is 31.6 Å². The van der Waals surface area contributed by atoms with Crippen LogP contribution in [0, 0.1) is 5.92 Å². The lowest BCUT2D eigenvalue weighted by Gasteiger charge is -2.09. The molecular formula is C14H24N2O2S. The van der Waals surface area contributed by atoms with Crippen molar-refractivity contribution in [2.75, 3.05) is 20.1 Å². The van der Waals surface area contributed by atoms with Crippen molar-refractivity contribution in [3.63, 3.8) is 0 Å². The average molecular weight is 284 g/mol. The summed E-state index contributed by atoms with van der Waals surface area (Å²) in [5.74, 6) is 0.492. The maximum Gasteiger partial charge on any atom is 0.240 e. The first-order valence-corrected chi connectivity index (χ1v) is 8.17. The Morgan fingerprint density at radius 3 is 2.26 bits per heavy atom. The molecule has 0 heterocycles. The average Bonchev–Trinajstić information content (AvgIpc) is 2.36. The summed E-state index contributed by atoms with van der Waals surface area (Å²) in [5, 5.41) is 3.07. The number of rotatable bonds is 8. The Bertz CT molecular complexity index is 467.